The molecule has 8 nitrogen and oxygen atoms in total. The second-order valence-corrected chi connectivity index (χ2v) is 6.68. The van der Waals surface area contributed by atoms with Crippen molar-refractivity contribution in [2.24, 2.45) is 0 Å². The Labute approximate surface area is 155 Å². The van der Waals surface area contributed by atoms with Gasteiger partial charge in [0.05, 0.1) is 24.9 Å². The molecule has 1 aromatic carbocycles. The minimum atomic E-state index is -0.653. The first kappa shape index (κ1) is 17.3. The van der Waals surface area contributed by atoms with Gasteiger partial charge in [-0.2, -0.15) is 0 Å². The number of ether oxygens (including phenoxy) is 1. The van der Waals surface area contributed by atoms with Crippen LogP contribution >= 0.6 is 0 Å². The Morgan fingerprint density at radius 1 is 1.26 bits per heavy atom. The second-order valence-electron chi connectivity index (χ2n) is 6.68. The molecule has 0 radical (unpaired) electrons. The number of anilines is 2. The van der Waals surface area contributed by atoms with Gasteiger partial charge >= 0.3 is 6.09 Å². The van der Waals surface area contributed by atoms with Crippen LogP contribution in [0.25, 0.3) is 0 Å². The lowest BCUT2D eigenvalue weighted by Crippen LogP contribution is -2.48. The van der Waals surface area contributed by atoms with Gasteiger partial charge in [0.2, 0.25) is 5.91 Å². The maximum atomic E-state index is 12.7. The summed E-state index contributed by atoms with van der Waals surface area (Å²) in [7, 11) is 0. The van der Waals surface area contributed by atoms with E-state index in [0.717, 1.165) is 5.56 Å². The molecule has 0 aliphatic carbocycles. The van der Waals surface area contributed by atoms with E-state index in [-0.39, 0.29) is 37.8 Å². The fourth-order valence-corrected chi connectivity index (χ4v) is 3.55. The number of aryl methyl sites for hydroxylation is 1. The third-order valence-corrected chi connectivity index (χ3v) is 4.90. The molecule has 2 aliphatic heterocycles. The van der Waals surface area contributed by atoms with Crippen LogP contribution in [0.15, 0.2) is 41.2 Å². The number of carbonyl (C=O) groups is 2. The Morgan fingerprint density at radius 2 is 2.00 bits per heavy atom. The molecule has 0 saturated heterocycles. The van der Waals surface area contributed by atoms with Gasteiger partial charge in [-0.1, -0.05) is 30.3 Å². The molecule has 1 atom stereocenters. The molecule has 0 bridgehead atoms. The molecule has 8 heteroatoms. The number of hydrogen-bond donors (Lipinski definition) is 1. The van der Waals surface area contributed by atoms with Crippen molar-refractivity contribution in [2.45, 2.75) is 19.6 Å². The van der Waals surface area contributed by atoms with Crippen LogP contribution in [0, 0.1) is 6.92 Å². The molecule has 3 heterocycles. The number of aromatic nitrogens is 1. The lowest BCUT2D eigenvalue weighted by Gasteiger charge is -2.32. The fourth-order valence-electron chi connectivity index (χ4n) is 3.55. The van der Waals surface area contributed by atoms with Gasteiger partial charge in [0.15, 0.2) is 0 Å². The number of nitrogens with zero attached hydrogens (tertiary/aromatic N) is 3. The van der Waals surface area contributed by atoms with Crippen molar-refractivity contribution >= 4 is 23.5 Å². The van der Waals surface area contributed by atoms with Crippen LogP contribution in [0.1, 0.15) is 17.2 Å². The number of aliphatic hydroxyl groups is 1. The highest BCUT2D eigenvalue weighted by molar-refractivity contribution is 6.09. The third kappa shape index (κ3) is 2.78. The molecule has 0 spiro atoms. The first-order valence-electron chi connectivity index (χ1n) is 8.67. The Bertz CT molecular complexity index is 969. The minimum Gasteiger partial charge on any atom is -0.444 e. The van der Waals surface area contributed by atoms with Crippen LogP contribution in [-0.4, -0.2) is 41.4 Å². The summed E-state index contributed by atoms with van der Waals surface area (Å²) < 4.78 is 6.77. The van der Waals surface area contributed by atoms with Crippen molar-refractivity contribution in [1.82, 2.24) is 4.57 Å². The average molecular weight is 369 g/mol. The van der Waals surface area contributed by atoms with Gasteiger partial charge in [0, 0.05) is 5.56 Å². The highest BCUT2D eigenvalue weighted by Gasteiger charge is 2.42. The molecule has 2 amide bonds. The van der Waals surface area contributed by atoms with Crippen molar-refractivity contribution in [2.75, 3.05) is 29.5 Å². The van der Waals surface area contributed by atoms with E-state index < -0.39 is 12.1 Å². The standard InChI is InChI=1S/C19H19N3O5/c1-12-7-15-17-21(8-14(10-23)22(17)18(12)25)16(24)9-20(15)19(26)27-11-13-5-3-2-4-6-13/h2-7,14,23H,8-11H2,1H3/t14-/m0/s1. The summed E-state index contributed by atoms with van der Waals surface area (Å²) in [5, 5.41) is 9.62. The summed E-state index contributed by atoms with van der Waals surface area (Å²) in [4.78, 5) is 40.5. The maximum Gasteiger partial charge on any atom is 0.415 e. The topological polar surface area (TPSA) is 92.1 Å². The number of benzene rings is 1. The van der Waals surface area contributed by atoms with E-state index in [0.29, 0.717) is 17.1 Å². The summed E-state index contributed by atoms with van der Waals surface area (Å²) in [5.74, 6) is 0.0321. The van der Waals surface area contributed by atoms with E-state index in [2.05, 4.69) is 0 Å². The van der Waals surface area contributed by atoms with Gasteiger partial charge in [0.25, 0.3) is 5.56 Å². The van der Waals surface area contributed by atoms with Gasteiger partial charge in [-0.05, 0) is 18.6 Å². The van der Waals surface area contributed by atoms with Crippen LogP contribution in [0.2, 0.25) is 0 Å². The minimum absolute atomic E-state index is 0.0846. The average Bonchev–Trinajstić information content (AvgIpc) is 3.08. The van der Waals surface area contributed by atoms with Gasteiger partial charge in [-0.3, -0.25) is 24.0 Å². The van der Waals surface area contributed by atoms with Crippen LogP contribution in [-0.2, 0) is 16.1 Å². The number of hydrogen-bond acceptors (Lipinski definition) is 5. The molecule has 2 aromatic rings. The lowest BCUT2D eigenvalue weighted by atomic mass is 10.2. The van der Waals surface area contributed by atoms with E-state index in [1.165, 1.54) is 14.4 Å². The van der Waals surface area contributed by atoms with Gasteiger partial charge in [-0.25, -0.2) is 4.79 Å². The summed E-state index contributed by atoms with van der Waals surface area (Å²) in [6.07, 6.45) is -0.653. The Morgan fingerprint density at radius 3 is 2.70 bits per heavy atom. The summed E-state index contributed by atoms with van der Waals surface area (Å²) in [6.45, 7) is 1.51. The quantitative estimate of drug-likeness (QED) is 0.878. The molecule has 2 aliphatic rings. The van der Waals surface area contributed by atoms with E-state index in [4.69, 9.17) is 4.74 Å². The van der Waals surface area contributed by atoms with Crippen molar-refractivity contribution < 1.29 is 19.4 Å². The summed E-state index contributed by atoms with van der Waals surface area (Å²) in [6, 6.07) is 10.3. The second kappa shape index (κ2) is 6.55. The molecule has 140 valence electrons. The highest BCUT2D eigenvalue weighted by Crippen LogP contribution is 2.39. The zero-order valence-electron chi connectivity index (χ0n) is 14.8. The number of amides is 2. The molecule has 0 saturated carbocycles. The predicted molar refractivity (Wildman–Crippen MR) is 97.9 cm³/mol. The number of aliphatic hydroxyl groups excluding tert-OH is 1. The molecular formula is C19H19N3O5. The summed E-state index contributed by atoms with van der Waals surface area (Å²) in [5.41, 5.74) is 1.44. The van der Waals surface area contributed by atoms with E-state index >= 15 is 0 Å². The number of rotatable bonds is 3. The molecule has 4 rings (SSSR count). The molecule has 0 fully saturated rings. The molecule has 1 aromatic heterocycles. The van der Waals surface area contributed by atoms with Crippen molar-refractivity contribution in [3.8, 4) is 0 Å². The Hall–Kier alpha value is -3.13. The van der Waals surface area contributed by atoms with Crippen LogP contribution in [0.3, 0.4) is 0 Å². The van der Waals surface area contributed by atoms with Crippen molar-refractivity contribution in [3.63, 3.8) is 0 Å². The molecule has 0 unspecified atom stereocenters. The summed E-state index contributed by atoms with van der Waals surface area (Å²) >= 11 is 0. The largest absolute Gasteiger partial charge is 0.444 e. The lowest BCUT2D eigenvalue weighted by molar-refractivity contribution is -0.117. The van der Waals surface area contributed by atoms with Gasteiger partial charge in [0.1, 0.15) is 19.0 Å². The third-order valence-electron chi connectivity index (χ3n) is 4.90. The van der Waals surface area contributed by atoms with Crippen LogP contribution in [0.5, 0.6) is 0 Å². The predicted octanol–water partition coefficient (Wildman–Crippen LogP) is 1.19. The zero-order valence-corrected chi connectivity index (χ0v) is 14.8. The van der Waals surface area contributed by atoms with Crippen molar-refractivity contribution in [3.05, 3.63) is 57.9 Å². The van der Waals surface area contributed by atoms with Crippen LogP contribution in [0.4, 0.5) is 16.3 Å². The zero-order chi connectivity index (χ0) is 19.1. The highest BCUT2D eigenvalue weighted by atomic mass is 16.6. The normalized spacial score (nSPS) is 17.9. The maximum absolute atomic E-state index is 12.7. The molecule has 1 N–H and O–H groups in total. The van der Waals surface area contributed by atoms with Gasteiger partial charge < -0.3 is 9.84 Å². The van der Waals surface area contributed by atoms with Crippen LogP contribution < -0.4 is 15.4 Å². The van der Waals surface area contributed by atoms with E-state index in [1.54, 1.807) is 13.0 Å². The number of pyridine rings is 1. The first-order chi connectivity index (χ1) is 13.0. The fraction of sp³-hybridized carbons (Fsp3) is 0.316. The SMILES string of the molecule is Cc1cc2c3n(c1=O)[C@H](CO)CN3C(=O)CN2C(=O)OCc1ccccc1. The van der Waals surface area contributed by atoms with Crippen molar-refractivity contribution in [1.29, 1.82) is 0 Å². The van der Waals surface area contributed by atoms with E-state index in [1.807, 2.05) is 30.3 Å². The Balaban J connectivity index is 1.69. The Kier molecular flexibility index (Phi) is 4.19. The molecular weight excluding hydrogens is 350 g/mol. The first-order valence-corrected chi connectivity index (χ1v) is 8.67. The van der Waals surface area contributed by atoms with Gasteiger partial charge in [-0.15, -0.1) is 0 Å². The molecule has 27 heavy (non-hydrogen) atoms. The van der Waals surface area contributed by atoms with E-state index in [9.17, 15) is 19.5 Å². The smallest absolute Gasteiger partial charge is 0.415 e. The monoisotopic (exact) mass is 369 g/mol. The number of carbonyl (C=O) groups excluding carboxylic acids is 2.